The minimum Gasteiger partial charge on any atom is -0.447 e. The third-order valence-electron chi connectivity index (χ3n) is 3.16. The van der Waals surface area contributed by atoms with E-state index >= 15 is 0 Å². The Labute approximate surface area is 114 Å². The minimum atomic E-state index is -1.69. The van der Waals surface area contributed by atoms with Crippen LogP contribution in [0.2, 0.25) is 0 Å². The van der Waals surface area contributed by atoms with Crippen molar-refractivity contribution in [2.45, 2.75) is 65.4 Å². The monoisotopic (exact) mass is 276 g/mol. The van der Waals surface area contributed by atoms with Crippen LogP contribution in [0.1, 0.15) is 59.8 Å². The van der Waals surface area contributed by atoms with E-state index in [0.717, 1.165) is 32.1 Å². The maximum Gasteiger partial charge on any atom is 0.550 e. The van der Waals surface area contributed by atoms with Gasteiger partial charge in [-0.05, 0) is 32.6 Å². The minimum absolute atomic E-state index is 0.191. The summed E-state index contributed by atoms with van der Waals surface area (Å²) < 4.78 is 5.12. The number of hydrogen-bond donors (Lipinski definition) is 1. The van der Waals surface area contributed by atoms with Crippen LogP contribution in [0.25, 0.3) is 0 Å². The number of carbonyl (C=O) groups excluding carboxylic acids is 1. The molecule has 0 saturated carbocycles. The first-order valence-corrected chi connectivity index (χ1v) is 6.63. The number of carbonyl (C=O) groups is 2. The molecule has 1 atom stereocenters. The van der Waals surface area contributed by atoms with Crippen LogP contribution in [0.3, 0.4) is 0 Å². The number of ether oxygens (including phenoxy) is 1. The Hall–Kier alpha value is -1.46. The zero-order chi connectivity index (χ0) is 14.9. The van der Waals surface area contributed by atoms with E-state index < -0.39 is 17.9 Å². The SMILES string of the molecule is CCCCCC(CC)C(C)(C)OC(=O)OOC(=O)O. The lowest BCUT2D eigenvalue weighted by Gasteiger charge is -2.32. The standard InChI is InChI=1S/C13H24O6/c1-5-7-8-9-10(6-2)13(3,4)17-12(16)19-18-11(14)15/h10H,5-9H2,1-4H3,(H,14,15). The van der Waals surface area contributed by atoms with Gasteiger partial charge in [0.25, 0.3) is 0 Å². The smallest absolute Gasteiger partial charge is 0.447 e. The Morgan fingerprint density at radius 1 is 1.16 bits per heavy atom. The molecule has 0 aromatic heterocycles. The molecule has 112 valence electrons. The lowest BCUT2D eigenvalue weighted by molar-refractivity contribution is -0.225. The highest BCUT2D eigenvalue weighted by Crippen LogP contribution is 2.29. The van der Waals surface area contributed by atoms with Crippen molar-refractivity contribution >= 4 is 12.3 Å². The predicted octanol–water partition coefficient (Wildman–Crippen LogP) is 4.13. The van der Waals surface area contributed by atoms with Crippen molar-refractivity contribution in [1.29, 1.82) is 0 Å². The largest absolute Gasteiger partial charge is 0.550 e. The molecule has 0 heterocycles. The summed E-state index contributed by atoms with van der Waals surface area (Å²) >= 11 is 0. The van der Waals surface area contributed by atoms with Crippen LogP contribution in [0.15, 0.2) is 0 Å². The third-order valence-corrected chi connectivity index (χ3v) is 3.16. The Morgan fingerprint density at radius 3 is 2.26 bits per heavy atom. The normalized spacial score (nSPS) is 12.6. The van der Waals surface area contributed by atoms with Gasteiger partial charge in [-0.3, -0.25) is 0 Å². The fourth-order valence-electron chi connectivity index (χ4n) is 2.07. The van der Waals surface area contributed by atoms with E-state index in [4.69, 9.17) is 9.84 Å². The van der Waals surface area contributed by atoms with Crippen LogP contribution in [0.5, 0.6) is 0 Å². The van der Waals surface area contributed by atoms with Crippen LogP contribution in [-0.2, 0) is 14.5 Å². The Kier molecular flexibility index (Phi) is 7.95. The summed E-state index contributed by atoms with van der Waals surface area (Å²) in [6, 6.07) is 0. The van der Waals surface area contributed by atoms with Crippen LogP contribution in [-0.4, -0.2) is 23.0 Å². The molecular weight excluding hydrogens is 252 g/mol. The second-order valence-corrected chi connectivity index (χ2v) is 4.99. The third kappa shape index (κ3) is 7.54. The van der Waals surface area contributed by atoms with Gasteiger partial charge >= 0.3 is 12.3 Å². The summed E-state index contributed by atoms with van der Waals surface area (Å²) in [4.78, 5) is 29.1. The average molecular weight is 276 g/mol. The Morgan fingerprint density at radius 2 is 1.79 bits per heavy atom. The van der Waals surface area contributed by atoms with Gasteiger partial charge in [-0.15, -0.1) is 0 Å². The first kappa shape index (κ1) is 17.5. The Bertz CT molecular complexity index is 287. The summed E-state index contributed by atoms with van der Waals surface area (Å²) in [7, 11) is 0. The molecule has 0 fully saturated rings. The average Bonchev–Trinajstić information content (AvgIpc) is 2.31. The quantitative estimate of drug-likeness (QED) is 0.326. The first-order chi connectivity index (χ1) is 8.83. The zero-order valence-electron chi connectivity index (χ0n) is 12.1. The molecule has 1 unspecified atom stereocenters. The molecule has 1 N–H and O–H groups in total. The summed E-state index contributed by atoms with van der Waals surface area (Å²) in [5.74, 6) is 0.191. The summed E-state index contributed by atoms with van der Waals surface area (Å²) in [5.41, 5.74) is -0.721. The Balaban J connectivity index is 4.30. The number of carboxylic acid groups (broad SMARTS) is 1. The van der Waals surface area contributed by atoms with Gasteiger partial charge in [-0.1, -0.05) is 33.1 Å². The maximum absolute atomic E-state index is 11.3. The predicted molar refractivity (Wildman–Crippen MR) is 68.7 cm³/mol. The van der Waals surface area contributed by atoms with Crippen molar-refractivity contribution < 1.29 is 29.2 Å². The van der Waals surface area contributed by atoms with Crippen LogP contribution in [0.4, 0.5) is 9.59 Å². The molecular formula is C13H24O6. The first-order valence-electron chi connectivity index (χ1n) is 6.63. The van der Waals surface area contributed by atoms with Gasteiger partial charge < -0.3 is 9.84 Å². The van der Waals surface area contributed by atoms with Crippen molar-refractivity contribution in [1.82, 2.24) is 0 Å². The molecule has 0 aliphatic carbocycles. The van der Waals surface area contributed by atoms with Gasteiger partial charge in [0, 0.05) is 0 Å². The lowest BCUT2D eigenvalue weighted by atomic mass is 9.84. The molecule has 6 nitrogen and oxygen atoms in total. The summed E-state index contributed by atoms with van der Waals surface area (Å²) in [6.07, 6.45) is 2.33. The van der Waals surface area contributed by atoms with E-state index in [1.54, 1.807) is 13.8 Å². The van der Waals surface area contributed by atoms with E-state index in [1.807, 2.05) is 6.92 Å². The van der Waals surface area contributed by atoms with E-state index in [2.05, 4.69) is 16.7 Å². The highest BCUT2D eigenvalue weighted by atomic mass is 17.3. The van der Waals surface area contributed by atoms with Gasteiger partial charge in [0.15, 0.2) is 0 Å². The zero-order valence-corrected chi connectivity index (χ0v) is 12.1. The second-order valence-electron chi connectivity index (χ2n) is 4.99. The summed E-state index contributed by atoms with van der Waals surface area (Å²) in [6.45, 7) is 7.73. The number of hydrogen-bond acceptors (Lipinski definition) is 5. The van der Waals surface area contributed by atoms with E-state index in [-0.39, 0.29) is 5.92 Å². The van der Waals surface area contributed by atoms with Crippen LogP contribution >= 0.6 is 0 Å². The van der Waals surface area contributed by atoms with E-state index in [1.165, 1.54) is 0 Å². The maximum atomic E-state index is 11.3. The molecule has 0 saturated heterocycles. The fourth-order valence-corrected chi connectivity index (χ4v) is 2.07. The van der Waals surface area contributed by atoms with Gasteiger partial charge in [0.2, 0.25) is 0 Å². The van der Waals surface area contributed by atoms with Gasteiger partial charge in [-0.2, -0.15) is 9.68 Å². The van der Waals surface area contributed by atoms with Gasteiger partial charge in [0.1, 0.15) is 5.60 Å². The molecule has 0 aromatic rings. The van der Waals surface area contributed by atoms with Crippen molar-refractivity contribution in [3.8, 4) is 0 Å². The highest BCUT2D eigenvalue weighted by Gasteiger charge is 2.33. The molecule has 19 heavy (non-hydrogen) atoms. The molecule has 0 amide bonds. The molecule has 0 aliphatic rings. The molecule has 0 bridgehead atoms. The lowest BCUT2D eigenvalue weighted by Crippen LogP contribution is -2.37. The van der Waals surface area contributed by atoms with Crippen molar-refractivity contribution in [3.63, 3.8) is 0 Å². The van der Waals surface area contributed by atoms with Crippen LogP contribution < -0.4 is 0 Å². The fraction of sp³-hybridized carbons (Fsp3) is 0.846. The number of unbranched alkanes of at least 4 members (excludes halogenated alkanes) is 2. The molecule has 0 radical (unpaired) electrons. The van der Waals surface area contributed by atoms with Crippen LogP contribution in [0, 0.1) is 5.92 Å². The molecule has 0 aliphatic heterocycles. The highest BCUT2D eigenvalue weighted by molar-refractivity contribution is 5.62. The van der Waals surface area contributed by atoms with Gasteiger partial charge in [0.05, 0.1) is 0 Å². The van der Waals surface area contributed by atoms with Crippen molar-refractivity contribution in [3.05, 3.63) is 0 Å². The van der Waals surface area contributed by atoms with Crippen molar-refractivity contribution in [2.75, 3.05) is 0 Å². The topological polar surface area (TPSA) is 82.1 Å². The second kappa shape index (κ2) is 8.61. The van der Waals surface area contributed by atoms with Crippen molar-refractivity contribution in [2.24, 2.45) is 5.92 Å². The summed E-state index contributed by atoms with van der Waals surface area (Å²) in [5, 5.41) is 8.20. The molecule has 6 heteroatoms. The molecule has 0 aromatic carbocycles. The van der Waals surface area contributed by atoms with E-state index in [0.29, 0.717) is 0 Å². The molecule has 0 spiro atoms. The number of rotatable bonds is 7. The van der Waals surface area contributed by atoms with Gasteiger partial charge in [-0.25, -0.2) is 9.68 Å². The van der Waals surface area contributed by atoms with E-state index in [9.17, 15) is 9.59 Å². The molecule has 0 rings (SSSR count).